The van der Waals surface area contributed by atoms with Crippen molar-refractivity contribution in [3.8, 4) is 5.75 Å². The van der Waals surface area contributed by atoms with Gasteiger partial charge in [0, 0.05) is 13.3 Å². The van der Waals surface area contributed by atoms with Crippen LogP contribution < -0.4 is 15.4 Å². The van der Waals surface area contributed by atoms with Crippen LogP contribution in [0.3, 0.4) is 0 Å². The van der Waals surface area contributed by atoms with E-state index in [0.717, 1.165) is 11.1 Å². The largest absolute Gasteiger partial charge is 0.489 e. The van der Waals surface area contributed by atoms with Gasteiger partial charge in [-0.1, -0.05) is 54.6 Å². The number of hydrogen-bond acceptors (Lipinski definition) is 5. The average molecular weight is 447 g/mol. The molecule has 3 aromatic rings. The van der Waals surface area contributed by atoms with Gasteiger partial charge in [-0.25, -0.2) is 4.79 Å². The number of esters is 1. The van der Waals surface area contributed by atoms with Crippen LogP contribution in [0, 0.1) is 0 Å². The first-order valence-electron chi connectivity index (χ1n) is 10.5. The Bertz CT molecular complexity index is 1110. The van der Waals surface area contributed by atoms with Gasteiger partial charge in [-0.2, -0.15) is 0 Å². The van der Waals surface area contributed by atoms with E-state index in [-0.39, 0.29) is 17.9 Å². The fourth-order valence-corrected chi connectivity index (χ4v) is 3.29. The maximum atomic E-state index is 12.9. The molecule has 0 aromatic heterocycles. The van der Waals surface area contributed by atoms with E-state index in [1.807, 2.05) is 54.6 Å². The van der Waals surface area contributed by atoms with E-state index in [9.17, 15) is 14.4 Å². The first-order chi connectivity index (χ1) is 16.0. The predicted octanol–water partition coefficient (Wildman–Crippen LogP) is 3.74. The highest BCUT2D eigenvalue weighted by molar-refractivity contribution is 6.04. The van der Waals surface area contributed by atoms with E-state index >= 15 is 0 Å². The van der Waals surface area contributed by atoms with E-state index in [2.05, 4.69) is 10.6 Å². The molecular formula is C26H26N2O5. The second-order valence-corrected chi connectivity index (χ2v) is 7.40. The van der Waals surface area contributed by atoms with Crippen molar-refractivity contribution in [3.05, 3.63) is 95.6 Å². The molecule has 0 aliphatic rings. The Morgan fingerprint density at radius 3 is 2.30 bits per heavy atom. The first-order valence-corrected chi connectivity index (χ1v) is 10.5. The lowest BCUT2D eigenvalue weighted by molar-refractivity contribution is -0.142. The summed E-state index contributed by atoms with van der Waals surface area (Å²) in [4.78, 5) is 36.8. The number of methoxy groups -OCH3 is 1. The van der Waals surface area contributed by atoms with E-state index in [4.69, 9.17) is 9.47 Å². The Morgan fingerprint density at radius 1 is 0.879 bits per heavy atom. The van der Waals surface area contributed by atoms with Gasteiger partial charge in [-0.05, 0) is 35.4 Å². The number of hydrogen-bond donors (Lipinski definition) is 2. The van der Waals surface area contributed by atoms with Crippen LogP contribution in [0.25, 0.3) is 0 Å². The van der Waals surface area contributed by atoms with Crippen molar-refractivity contribution in [1.29, 1.82) is 0 Å². The van der Waals surface area contributed by atoms with Gasteiger partial charge in [0.2, 0.25) is 5.91 Å². The fourth-order valence-electron chi connectivity index (χ4n) is 3.29. The molecule has 0 saturated heterocycles. The van der Waals surface area contributed by atoms with Gasteiger partial charge < -0.3 is 20.1 Å². The number of ether oxygens (including phenoxy) is 2. The van der Waals surface area contributed by atoms with E-state index in [0.29, 0.717) is 18.0 Å². The first kappa shape index (κ1) is 23.5. The molecule has 3 rings (SSSR count). The molecule has 7 heteroatoms. The predicted molar refractivity (Wildman–Crippen MR) is 125 cm³/mol. The molecule has 0 spiro atoms. The highest BCUT2D eigenvalue weighted by atomic mass is 16.5. The highest BCUT2D eigenvalue weighted by Crippen LogP contribution is 2.18. The van der Waals surface area contributed by atoms with E-state index in [1.165, 1.54) is 14.0 Å². The number of para-hydroxylation sites is 1. The molecule has 2 N–H and O–H groups in total. The van der Waals surface area contributed by atoms with Crippen LogP contribution in [-0.4, -0.2) is 30.9 Å². The van der Waals surface area contributed by atoms with Gasteiger partial charge in [-0.15, -0.1) is 0 Å². The third-order valence-electron chi connectivity index (χ3n) is 4.86. The summed E-state index contributed by atoms with van der Waals surface area (Å²) in [6, 6.07) is 22.8. The molecule has 33 heavy (non-hydrogen) atoms. The molecule has 170 valence electrons. The minimum Gasteiger partial charge on any atom is -0.489 e. The second-order valence-electron chi connectivity index (χ2n) is 7.40. The molecule has 0 radical (unpaired) electrons. The topological polar surface area (TPSA) is 93.7 Å². The molecule has 0 bridgehead atoms. The van der Waals surface area contributed by atoms with Gasteiger partial charge in [0.25, 0.3) is 5.91 Å². The number of benzene rings is 3. The molecule has 0 saturated carbocycles. The summed E-state index contributed by atoms with van der Waals surface area (Å²) in [5.74, 6) is -0.711. The molecule has 0 aliphatic heterocycles. The summed E-state index contributed by atoms with van der Waals surface area (Å²) in [7, 11) is 1.27. The van der Waals surface area contributed by atoms with Crippen LogP contribution in [-0.2, 0) is 27.4 Å². The second kappa shape index (κ2) is 11.5. The van der Waals surface area contributed by atoms with Gasteiger partial charge in [-0.3, -0.25) is 9.59 Å². The van der Waals surface area contributed by atoms with Gasteiger partial charge in [0.05, 0.1) is 18.4 Å². The summed E-state index contributed by atoms with van der Waals surface area (Å²) in [5.41, 5.74) is 2.45. The molecule has 0 fully saturated rings. The zero-order chi connectivity index (χ0) is 23.6. The molecule has 3 aromatic carbocycles. The number of carbonyl (C=O) groups is 3. The zero-order valence-corrected chi connectivity index (χ0v) is 18.5. The van der Waals surface area contributed by atoms with Crippen molar-refractivity contribution in [1.82, 2.24) is 5.32 Å². The number of carbonyl (C=O) groups excluding carboxylic acids is 3. The molecule has 0 aliphatic carbocycles. The minimum absolute atomic E-state index is 0.212. The van der Waals surface area contributed by atoms with Crippen LogP contribution in [0.4, 0.5) is 5.69 Å². The van der Waals surface area contributed by atoms with Crippen LogP contribution in [0.5, 0.6) is 5.75 Å². The third-order valence-corrected chi connectivity index (χ3v) is 4.86. The normalized spacial score (nSPS) is 11.2. The van der Waals surface area contributed by atoms with Crippen molar-refractivity contribution < 1.29 is 23.9 Å². The molecule has 0 heterocycles. The fraction of sp³-hybridized carbons (Fsp3) is 0.192. The summed E-state index contributed by atoms with van der Waals surface area (Å²) in [5, 5.41) is 5.34. The van der Waals surface area contributed by atoms with E-state index < -0.39 is 17.9 Å². The van der Waals surface area contributed by atoms with Crippen molar-refractivity contribution >= 4 is 23.5 Å². The van der Waals surface area contributed by atoms with E-state index in [1.54, 1.807) is 24.3 Å². The van der Waals surface area contributed by atoms with Crippen LogP contribution in [0.15, 0.2) is 78.9 Å². The lowest BCUT2D eigenvalue weighted by Crippen LogP contribution is -2.43. The zero-order valence-electron chi connectivity index (χ0n) is 18.5. The smallest absolute Gasteiger partial charge is 0.328 e. The summed E-state index contributed by atoms with van der Waals surface area (Å²) < 4.78 is 10.8. The Kier molecular flexibility index (Phi) is 8.18. The average Bonchev–Trinajstić information content (AvgIpc) is 2.82. The van der Waals surface area contributed by atoms with Crippen molar-refractivity contribution in [3.63, 3.8) is 0 Å². The Labute approximate surface area is 192 Å². The van der Waals surface area contributed by atoms with Crippen molar-refractivity contribution in [2.75, 3.05) is 12.4 Å². The molecule has 7 nitrogen and oxygen atoms in total. The maximum absolute atomic E-state index is 12.9. The molecule has 0 unspecified atom stereocenters. The Morgan fingerprint density at radius 2 is 1.58 bits per heavy atom. The van der Waals surface area contributed by atoms with Gasteiger partial charge in [0.1, 0.15) is 18.4 Å². The lowest BCUT2D eigenvalue weighted by atomic mass is 10.0. The van der Waals surface area contributed by atoms with Crippen LogP contribution in [0.2, 0.25) is 0 Å². The lowest BCUT2D eigenvalue weighted by Gasteiger charge is -2.18. The van der Waals surface area contributed by atoms with Crippen molar-refractivity contribution in [2.45, 2.75) is 26.0 Å². The Balaban J connectivity index is 1.72. The van der Waals surface area contributed by atoms with Crippen LogP contribution >= 0.6 is 0 Å². The maximum Gasteiger partial charge on any atom is 0.328 e. The number of amides is 2. The number of anilines is 1. The minimum atomic E-state index is -0.919. The third kappa shape index (κ3) is 6.93. The number of rotatable bonds is 9. The summed E-state index contributed by atoms with van der Waals surface area (Å²) >= 11 is 0. The summed E-state index contributed by atoms with van der Waals surface area (Å²) in [6.45, 7) is 1.78. The molecular weight excluding hydrogens is 420 g/mol. The highest BCUT2D eigenvalue weighted by Gasteiger charge is 2.24. The van der Waals surface area contributed by atoms with Gasteiger partial charge >= 0.3 is 5.97 Å². The Hall–Kier alpha value is -4.13. The SMILES string of the molecule is COC(=O)[C@@H](Cc1cccc(OCc2ccccc2)c1)NC(=O)c1ccccc1NC(C)=O. The van der Waals surface area contributed by atoms with Gasteiger partial charge in [0.15, 0.2) is 0 Å². The quantitative estimate of drug-likeness (QED) is 0.489. The number of nitrogens with one attached hydrogen (secondary N) is 2. The standard InChI is InChI=1S/C26H26N2O5/c1-18(29)27-23-14-7-6-13-22(23)25(30)28-24(26(31)32-2)16-20-11-8-12-21(15-20)33-17-19-9-4-3-5-10-19/h3-15,24H,16-17H2,1-2H3,(H,27,29)(H,28,30)/t24-/m1/s1. The molecule has 1 atom stereocenters. The van der Waals surface area contributed by atoms with Crippen molar-refractivity contribution in [2.24, 2.45) is 0 Å². The van der Waals surface area contributed by atoms with Crippen LogP contribution in [0.1, 0.15) is 28.4 Å². The summed E-state index contributed by atoms with van der Waals surface area (Å²) in [6.07, 6.45) is 0.212. The molecule has 2 amide bonds. The monoisotopic (exact) mass is 446 g/mol.